The van der Waals surface area contributed by atoms with Crippen molar-refractivity contribution in [2.75, 3.05) is 38.2 Å². The Bertz CT molecular complexity index is 376. The van der Waals surface area contributed by atoms with Gasteiger partial charge in [-0.1, -0.05) is 0 Å². The lowest BCUT2D eigenvalue weighted by Gasteiger charge is -2.40. The molecule has 2 heterocycles. The van der Waals surface area contributed by atoms with E-state index in [9.17, 15) is 5.11 Å². The van der Waals surface area contributed by atoms with Gasteiger partial charge in [0.1, 0.15) is 11.6 Å². The maximum Gasteiger partial charge on any atom is 0.132 e. The highest BCUT2D eigenvalue weighted by Gasteiger charge is 2.25. The fourth-order valence-corrected chi connectivity index (χ4v) is 2.31. The molecule has 1 saturated heterocycles. The molecular formula is C12H20N4O. The maximum atomic E-state index is 9.47. The summed E-state index contributed by atoms with van der Waals surface area (Å²) in [7, 11) is 2.08. The van der Waals surface area contributed by atoms with E-state index in [4.69, 9.17) is 0 Å². The number of rotatable bonds is 2. The highest BCUT2D eigenvalue weighted by atomic mass is 16.3. The van der Waals surface area contributed by atoms with Crippen LogP contribution in [0.15, 0.2) is 6.07 Å². The average Bonchev–Trinajstić information content (AvgIpc) is 2.27. The van der Waals surface area contributed by atoms with Gasteiger partial charge in [0.05, 0.1) is 12.6 Å². The van der Waals surface area contributed by atoms with Crippen LogP contribution in [0.25, 0.3) is 0 Å². The Kier molecular flexibility index (Phi) is 3.59. The maximum absolute atomic E-state index is 9.47. The first-order valence-corrected chi connectivity index (χ1v) is 5.98. The highest BCUT2D eigenvalue weighted by Crippen LogP contribution is 2.18. The largest absolute Gasteiger partial charge is 0.394 e. The number of hydrogen-bond acceptors (Lipinski definition) is 5. The number of aryl methyl sites for hydroxylation is 2. The Morgan fingerprint density at radius 3 is 2.76 bits per heavy atom. The summed E-state index contributed by atoms with van der Waals surface area (Å²) in [5, 5.41) is 9.47. The van der Waals surface area contributed by atoms with E-state index >= 15 is 0 Å². The van der Waals surface area contributed by atoms with Crippen LogP contribution in [0.1, 0.15) is 11.5 Å². The van der Waals surface area contributed by atoms with Gasteiger partial charge in [-0.2, -0.15) is 0 Å². The first kappa shape index (κ1) is 12.3. The number of anilines is 1. The van der Waals surface area contributed by atoms with E-state index in [1.807, 2.05) is 19.9 Å². The zero-order valence-electron chi connectivity index (χ0n) is 10.7. The molecule has 1 fully saturated rings. The van der Waals surface area contributed by atoms with Gasteiger partial charge in [-0.3, -0.25) is 0 Å². The van der Waals surface area contributed by atoms with E-state index < -0.39 is 0 Å². The number of hydrogen-bond donors (Lipinski definition) is 1. The molecule has 1 aromatic rings. The molecule has 1 aromatic heterocycles. The van der Waals surface area contributed by atoms with E-state index in [2.05, 4.69) is 26.8 Å². The molecule has 2 rings (SSSR count). The molecule has 1 aliphatic heterocycles. The molecule has 1 atom stereocenters. The molecular weight excluding hydrogens is 216 g/mol. The summed E-state index contributed by atoms with van der Waals surface area (Å²) in [5.74, 6) is 1.72. The first-order valence-electron chi connectivity index (χ1n) is 5.98. The topological polar surface area (TPSA) is 52.5 Å². The van der Waals surface area contributed by atoms with Gasteiger partial charge in [0, 0.05) is 31.4 Å². The standard InChI is InChI=1S/C12H20N4O/c1-9-6-12(14-10(2)13-9)16-5-4-15(3)7-11(16)8-17/h6,11,17H,4-5,7-8H2,1-3H3. The molecule has 1 N–H and O–H groups in total. The summed E-state index contributed by atoms with van der Waals surface area (Å²) in [6.45, 7) is 6.81. The van der Waals surface area contributed by atoms with Gasteiger partial charge in [0.15, 0.2) is 0 Å². The van der Waals surface area contributed by atoms with Gasteiger partial charge in [-0.25, -0.2) is 9.97 Å². The van der Waals surface area contributed by atoms with Crippen LogP contribution in [-0.2, 0) is 0 Å². The zero-order valence-corrected chi connectivity index (χ0v) is 10.7. The van der Waals surface area contributed by atoms with Gasteiger partial charge in [0.2, 0.25) is 0 Å². The fraction of sp³-hybridized carbons (Fsp3) is 0.667. The van der Waals surface area contributed by atoms with Crippen LogP contribution in [0, 0.1) is 13.8 Å². The van der Waals surface area contributed by atoms with Crippen LogP contribution >= 0.6 is 0 Å². The number of nitrogens with zero attached hydrogens (tertiary/aromatic N) is 4. The van der Waals surface area contributed by atoms with Crippen molar-refractivity contribution in [2.24, 2.45) is 0 Å². The molecule has 1 unspecified atom stereocenters. The minimum Gasteiger partial charge on any atom is -0.394 e. The Labute approximate surface area is 102 Å². The van der Waals surface area contributed by atoms with E-state index in [0.717, 1.165) is 37.0 Å². The lowest BCUT2D eigenvalue weighted by molar-refractivity contribution is 0.190. The molecule has 0 aromatic carbocycles. The second-order valence-corrected chi connectivity index (χ2v) is 4.71. The summed E-state index contributed by atoms with van der Waals surface area (Å²) in [6, 6.07) is 2.11. The van der Waals surface area contributed by atoms with Crippen LogP contribution in [0.4, 0.5) is 5.82 Å². The number of piperazine rings is 1. The molecule has 0 amide bonds. The van der Waals surface area contributed by atoms with Gasteiger partial charge in [-0.15, -0.1) is 0 Å². The molecule has 0 saturated carbocycles. The van der Waals surface area contributed by atoms with Crippen LogP contribution in [0.3, 0.4) is 0 Å². The van der Waals surface area contributed by atoms with Gasteiger partial charge in [0.25, 0.3) is 0 Å². The molecule has 0 radical (unpaired) electrons. The van der Waals surface area contributed by atoms with E-state index in [1.165, 1.54) is 0 Å². The Morgan fingerprint density at radius 1 is 1.35 bits per heavy atom. The van der Waals surface area contributed by atoms with Crippen molar-refractivity contribution >= 4 is 5.82 Å². The van der Waals surface area contributed by atoms with E-state index in [-0.39, 0.29) is 12.6 Å². The van der Waals surface area contributed by atoms with Gasteiger partial charge >= 0.3 is 0 Å². The van der Waals surface area contributed by atoms with Crippen molar-refractivity contribution in [2.45, 2.75) is 19.9 Å². The van der Waals surface area contributed by atoms with Crippen molar-refractivity contribution in [3.05, 3.63) is 17.6 Å². The number of aromatic nitrogens is 2. The van der Waals surface area contributed by atoms with Crippen molar-refractivity contribution in [3.8, 4) is 0 Å². The third kappa shape index (κ3) is 2.73. The summed E-state index contributed by atoms with van der Waals surface area (Å²) in [6.07, 6.45) is 0. The predicted octanol–water partition coefficient (Wildman–Crippen LogP) is 0.206. The van der Waals surface area contributed by atoms with Crippen molar-refractivity contribution < 1.29 is 5.11 Å². The molecule has 5 nitrogen and oxygen atoms in total. The van der Waals surface area contributed by atoms with Crippen LogP contribution in [-0.4, -0.2) is 59.3 Å². The molecule has 17 heavy (non-hydrogen) atoms. The first-order chi connectivity index (χ1) is 8.10. The highest BCUT2D eigenvalue weighted by molar-refractivity contribution is 5.41. The monoisotopic (exact) mass is 236 g/mol. The summed E-state index contributed by atoms with van der Waals surface area (Å²) < 4.78 is 0. The quantitative estimate of drug-likeness (QED) is 0.795. The second-order valence-electron chi connectivity index (χ2n) is 4.71. The minimum absolute atomic E-state index is 0.127. The fourth-order valence-electron chi connectivity index (χ4n) is 2.31. The number of likely N-dealkylation sites (N-methyl/N-ethyl adjacent to an activating group) is 1. The second kappa shape index (κ2) is 4.98. The summed E-state index contributed by atoms with van der Waals surface area (Å²) in [4.78, 5) is 13.2. The van der Waals surface area contributed by atoms with Gasteiger partial charge < -0.3 is 14.9 Å². The van der Waals surface area contributed by atoms with Crippen LogP contribution in [0.5, 0.6) is 0 Å². The Balaban J connectivity index is 2.25. The molecule has 1 aliphatic rings. The third-order valence-corrected chi connectivity index (χ3v) is 3.14. The lowest BCUT2D eigenvalue weighted by Crippen LogP contribution is -2.54. The Hall–Kier alpha value is -1.20. The van der Waals surface area contributed by atoms with Crippen LogP contribution < -0.4 is 4.90 Å². The molecule has 0 aliphatic carbocycles. The molecule has 94 valence electrons. The van der Waals surface area contributed by atoms with Crippen LogP contribution in [0.2, 0.25) is 0 Å². The van der Waals surface area contributed by atoms with E-state index in [0.29, 0.717) is 0 Å². The SMILES string of the molecule is Cc1cc(N2CCN(C)CC2CO)nc(C)n1. The molecule has 0 bridgehead atoms. The zero-order chi connectivity index (χ0) is 12.4. The van der Waals surface area contributed by atoms with Gasteiger partial charge in [-0.05, 0) is 20.9 Å². The normalized spacial score (nSPS) is 21.9. The Morgan fingerprint density at radius 2 is 2.12 bits per heavy atom. The molecule has 5 heteroatoms. The summed E-state index contributed by atoms with van der Waals surface area (Å²) in [5.41, 5.74) is 0.975. The number of aliphatic hydroxyl groups is 1. The smallest absolute Gasteiger partial charge is 0.132 e. The van der Waals surface area contributed by atoms with Crippen molar-refractivity contribution in [1.29, 1.82) is 0 Å². The predicted molar refractivity (Wildman–Crippen MR) is 67.2 cm³/mol. The van der Waals surface area contributed by atoms with Crippen molar-refractivity contribution in [3.63, 3.8) is 0 Å². The lowest BCUT2D eigenvalue weighted by atomic mass is 10.2. The van der Waals surface area contributed by atoms with Crippen molar-refractivity contribution in [1.82, 2.24) is 14.9 Å². The summed E-state index contributed by atoms with van der Waals surface area (Å²) >= 11 is 0. The number of aliphatic hydroxyl groups excluding tert-OH is 1. The average molecular weight is 236 g/mol. The minimum atomic E-state index is 0.127. The molecule has 0 spiro atoms. The third-order valence-electron chi connectivity index (χ3n) is 3.14. The van der Waals surface area contributed by atoms with E-state index in [1.54, 1.807) is 0 Å².